The average molecular weight is 289 g/mol. The van der Waals surface area contributed by atoms with Gasteiger partial charge in [0.25, 0.3) is 0 Å². The quantitative estimate of drug-likeness (QED) is 0.338. The van der Waals surface area contributed by atoms with Gasteiger partial charge in [-0.15, -0.1) is 0 Å². The summed E-state index contributed by atoms with van der Waals surface area (Å²) >= 11 is 0. The van der Waals surface area contributed by atoms with Gasteiger partial charge in [0, 0.05) is 12.5 Å². The van der Waals surface area contributed by atoms with Crippen LogP contribution in [0, 0.1) is 0 Å². The third kappa shape index (κ3) is 6.95. The van der Waals surface area contributed by atoms with Gasteiger partial charge in [0.1, 0.15) is 0 Å². The van der Waals surface area contributed by atoms with Crippen LogP contribution in [0.1, 0.15) is 23.2 Å². The van der Waals surface area contributed by atoms with E-state index in [4.69, 9.17) is 5.73 Å². The van der Waals surface area contributed by atoms with Crippen LogP contribution in [-0.2, 0) is 14.3 Å². The third-order valence-electron chi connectivity index (χ3n) is 2.18. The number of benzene rings is 1. The van der Waals surface area contributed by atoms with Gasteiger partial charge >= 0.3 is 63.3 Å². The van der Waals surface area contributed by atoms with Crippen molar-refractivity contribution in [3.63, 3.8) is 0 Å². The molecule has 0 aliphatic carbocycles. The molecule has 0 aromatic heterocycles. The molecule has 7 heteroatoms. The molecule has 0 aliphatic heterocycles. The van der Waals surface area contributed by atoms with Crippen molar-refractivity contribution in [1.82, 2.24) is 0 Å². The summed E-state index contributed by atoms with van der Waals surface area (Å²) in [5.74, 6) is -3.04. The van der Waals surface area contributed by atoms with E-state index in [9.17, 15) is 19.5 Å². The van der Waals surface area contributed by atoms with Crippen molar-refractivity contribution in [2.24, 2.45) is 5.73 Å². The summed E-state index contributed by atoms with van der Waals surface area (Å²) in [6.07, 6.45) is -0.392. The molecule has 6 nitrogen and oxygen atoms in total. The Bertz CT molecular complexity index is 449. The summed E-state index contributed by atoms with van der Waals surface area (Å²) in [6, 6.07) is 6.74. The second kappa shape index (κ2) is 9.35. The smallest absolute Gasteiger partial charge is 0.548 e. The van der Waals surface area contributed by atoms with Gasteiger partial charge in [0.05, 0.1) is 11.5 Å². The molecule has 96 valence electrons. The average Bonchev–Trinajstić information content (AvgIpc) is 2.36. The van der Waals surface area contributed by atoms with Crippen LogP contribution in [0.4, 0.5) is 0 Å². The van der Waals surface area contributed by atoms with E-state index in [1.54, 1.807) is 18.2 Å². The van der Waals surface area contributed by atoms with E-state index in [0.29, 0.717) is 0 Å². The summed E-state index contributed by atoms with van der Waals surface area (Å²) in [4.78, 5) is 33.0. The molecule has 0 radical (unpaired) electrons. The molecule has 19 heavy (non-hydrogen) atoms. The molecule has 0 spiro atoms. The van der Waals surface area contributed by atoms with Crippen molar-refractivity contribution < 1.29 is 75.6 Å². The number of ether oxygens (including phenoxy) is 1. The first-order valence-corrected chi connectivity index (χ1v) is 5.27. The first kappa shape index (κ1) is 18.4. The van der Waals surface area contributed by atoms with Crippen LogP contribution >= 0.6 is 0 Å². The zero-order valence-electron chi connectivity index (χ0n) is 10.5. The molecule has 1 atom stereocenters. The molecule has 0 unspecified atom stereocenters. The molecule has 0 fully saturated rings. The van der Waals surface area contributed by atoms with Crippen LogP contribution in [0.3, 0.4) is 0 Å². The van der Waals surface area contributed by atoms with Gasteiger partial charge in [-0.05, 0) is 18.6 Å². The van der Waals surface area contributed by atoms with Gasteiger partial charge in [0.2, 0.25) is 0 Å². The Labute approximate surface area is 152 Å². The summed E-state index contributed by atoms with van der Waals surface area (Å²) in [5, 5.41) is 10.3. The Kier molecular flexibility index (Phi) is 9.07. The predicted octanol–water partition coefficient (Wildman–Crippen LogP) is -3.77. The number of rotatable bonds is 5. The maximum Gasteiger partial charge on any atom is 1.00 e. The van der Waals surface area contributed by atoms with Gasteiger partial charge in [-0.2, -0.15) is 0 Å². The van der Waals surface area contributed by atoms with Crippen LogP contribution < -0.4 is 62.2 Å². The normalized spacial score (nSPS) is 11.0. The van der Waals surface area contributed by atoms with Crippen molar-refractivity contribution in [1.29, 1.82) is 0 Å². The van der Waals surface area contributed by atoms with Gasteiger partial charge < -0.3 is 20.4 Å². The maximum absolute atomic E-state index is 11.4. The number of carboxylic acid groups (broad SMARTS) is 1. The van der Waals surface area contributed by atoms with Crippen molar-refractivity contribution in [3.05, 3.63) is 35.9 Å². The molecule has 0 heterocycles. The number of hydrogen-bond donors (Lipinski definition) is 1. The maximum atomic E-state index is 11.4. The van der Waals surface area contributed by atoms with Crippen LogP contribution in [-0.4, -0.2) is 23.9 Å². The third-order valence-corrected chi connectivity index (χ3v) is 2.18. The number of esters is 2. The number of hydrogen-bond acceptors (Lipinski definition) is 6. The fraction of sp³-hybridized carbons (Fsp3) is 0.250. The van der Waals surface area contributed by atoms with Crippen LogP contribution in [0.5, 0.6) is 0 Å². The molecule has 0 amide bonds. The number of carbonyl (C=O) groups is 3. The SMILES string of the molecule is N[C@@H](CCC(=O)OC(=O)c1ccccc1)C(=O)[O-].[K+]. The van der Waals surface area contributed by atoms with E-state index in [1.807, 2.05) is 0 Å². The van der Waals surface area contributed by atoms with Crippen molar-refractivity contribution in [3.8, 4) is 0 Å². The second-order valence-corrected chi connectivity index (χ2v) is 3.59. The molecule has 1 rings (SSSR count). The van der Waals surface area contributed by atoms with E-state index >= 15 is 0 Å². The summed E-state index contributed by atoms with van der Waals surface area (Å²) < 4.78 is 4.52. The number of carbonyl (C=O) groups excluding carboxylic acids is 3. The number of nitrogens with two attached hydrogens (primary N) is 1. The molecule has 0 saturated carbocycles. The first-order chi connectivity index (χ1) is 8.50. The molecular weight excluding hydrogens is 277 g/mol. The second-order valence-electron chi connectivity index (χ2n) is 3.59. The van der Waals surface area contributed by atoms with E-state index in [1.165, 1.54) is 12.1 Å². The van der Waals surface area contributed by atoms with Crippen molar-refractivity contribution in [2.45, 2.75) is 18.9 Å². The Hall–Kier alpha value is -0.574. The van der Waals surface area contributed by atoms with Gasteiger partial charge in [-0.1, -0.05) is 18.2 Å². The molecule has 0 aliphatic rings. The van der Waals surface area contributed by atoms with Crippen LogP contribution in [0.15, 0.2) is 30.3 Å². The first-order valence-electron chi connectivity index (χ1n) is 5.27. The van der Waals surface area contributed by atoms with E-state index in [2.05, 4.69) is 4.74 Å². The molecule has 2 N–H and O–H groups in total. The summed E-state index contributed by atoms with van der Waals surface area (Å²) in [6.45, 7) is 0. The van der Waals surface area contributed by atoms with E-state index < -0.39 is 23.9 Å². The number of aliphatic carboxylic acids is 1. The summed E-state index contributed by atoms with van der Waals surface area (Å²) in [7, 11) is 0. The topological polar surface area (TPSA) is 110 Å². The van der Waals surface area contributed by atoms with Crippen molar-refractivity contribution in [2.75, 3.05) is 0 Å². The van der Waals surface area contributed by atoms with Gasteiger partial charge in [-0.25, -0.2) is 4.79 Å². The zero-order chi connectivity index (χ0) is 13.5. The minimum absolute atomic E-state index is 0. The van der Waals surface area contributed by atoms with Gasteiger partial charge in [0.15, 0.2) is 0 Å². The monoisotopic (exact) mass is 289 g/mol. The predicted molar refractivity (Wildman–Crippen MR) is 59.1 cm³/mol. The summed E-state index contributed by atoms with van der Waals surface area (Å²) in [5.41, 5.74) is 5.40. The Morgan fingerprint density at radius 2 is 1.79 bits per heavy atom. The van der Waals surface area contributed by atoms with E-state index in [0.717, 1.165) is 0 Å². The Balaban J connectivity index is 0.00000324. The van der Waals surface area contributed by atoms with Crippen LogP contribution in [0.25, 0.3) is 0 Å². The minimum atomic E-state index is -1.45. The van der Waals surface area contributed by atoms with E-state index in [-0.39, 0.29) is 69.8 Å². The van der Waals surface area contributed by atoms with Crippen molar-refractivity contribution >= 4 is 17.9 Å². The number of carboxylic acids is 1. The Morgan fingerprint density at radius 3 is 2.32 bits per heavy atom. The molecule has 1 aromatic carbocycles. The zero-order valence-corrected chi connectivity index (χ0v) is 13.6. The molecule has 0 saturated heterocycles. The molecular formula is C12H12KNO5. The van der Waals surface area contributed by atoms with Crippen LogP contribution in [0.2, 0.25) is 0 Å². The standard InChI is InChI=1S/C12H13NO5.K/c13-9(11(15)16)6-7-10(14)18-12(17)8-4-2-1-3-5-8;/h1-5,9H,6-7,13H2,(H,15,16);/q;+1/p-1/t9-;/m0./s1. The minimum Gasteiger partial charge on any atom is -0.548 e. The molecule has 1 aromatic rings. The molecule has 0 bridgehead atoms. The Morgan fingerprint density at radius 1 is 1.21 bits per heavy atom. The fourth-order valence-corrected chi connectivity index (χ4v) is 1.18. The fourth-order valence-electron chi connectivity index (χ4n) is 1.18. The van der Waals surface area contributed by atoms with Gasteiger partial charge in [-0.3, -0.25) is 4.79 Å². The largest absolute Gasteiger partial charge is 1.00 e.